The number of anilines is 2. The number of para-hydroxylation sites is 1. The first-order valence-electron chi connectivity index (χ1n) is 8.18. The number of benzene rings is 2. The fraction of sp³-hybridized carbons (Fsp3) is 0.300. The first-order valence-corrected chi connectivity index (χ1v) is 8.18. The lowest BCUT2D eigenvalue weighted by Crippen LogP contribution is -2.19. The largest absolute Gasteiger partial charge is 0.416 e. The average Bonchev–Trinajstić information content (AvgIpc) is 2.56. The van der Waals surface area contributed by atoms with Crippen molar-refractivity contribution in [2.24, 2.45) is 0 Å². The molecular weight excluding hydrogens is 325 g/mol. The molecular formula is C20H21F3N2. The minimum Gasteiger partial charge on any atom is -0.344 e. The minimum absolute atomic E-state index is 0.613. The van der Waals surface area contributed by atoms with Crippen molar-refractivity contribution in [3.63, 3.8) is 0 Å². The molecule has 0 radical (unpaired) electrons. The highest BCUT2D eigenvalue weighted by Gasteiger charge is 2.33. The molecule has 0 saturated carbocycles. The molecule has 2 aromatic rings. The van der Waals surface area contributed by atoms with Gasteiger partial charge in [-0.3, -0.25) is 0 Å². The van der Waals surface area contributed by atoms with E-state index in [1.807, 2.05) is 56.4 Å². The zero-order valence-electron chi connectivity index (χ0n) is 14.6. The molecule has 1 aliphatic heterocycles. The summed E-state index contributed by atoms with van der Waals surface area (Å²) in [6, 6.07) is 11.8. The van der Waals surface area contributed by atoms with Gasteiger partial charge in [-0.05, 0) is 50.4 Å². The normalized spacial score (nSPS) is 15.5. The van der Waals surface area contributed by atoms with Gasteiger partial charge in [0.05, 0.1) is 5.56 Å². The van der Waals surface area contributed by atoms with Crippen LogP contribution in [0.5, 0.6) is 0 Å². The number of halogens is 3. The van der Waals surface area contributed by atoms with Crippen LogP contribution in [-0.4, -0.2) is 32.6 Å². The van der Waals surface area contributed by atoms with Crippen LogP contribution in [-0.2, 0) is 6.18 Å². The van der Waals surface area contributed by atoms with Crippen molar-refractivity contribution in [3.05, 3.63) is 65.2 Å². The monoisotopic (exact) mass is 346 g/mol. The van der Waals surface area contributed by atoms with Crippen molar-refractivity contribution in [1.82, 2.24) is 4.90 Å². The molecule has 0 amide bonds. The lowest BCUT2D eigenvalue weighted by atomic mass is 9.88. The Balaban J connectivity index is 2.15. The summed E-state index contributed by atoms with van der Waals surface area (Å²) in [7, 11) is 5.86. The molecule has 1 heterocycles. The number of hydrogen-bond donors (Lipinski definition) is 0. The molecule has 2 nitrogen and oxygen atoms in total. The Morgan fingerprint density at radius 3 is 2.36 bits per heavy atom. The summed E-state index contributed by atoms with van der Waals surface area (Å²) in [6.07, 6.45) is -1.53. The molecule has 0 saturated heterocycles. The molecule has 0 unspecified atom stereocenters. The van der Waals surface area contributed by atoms with Crippen LogP contribution in [0, 0.1) is 0 Å². The fourth-order valence-electron chi connectivity index (χ4n) is 3.18. The Labute approximate surface area is 146 Å². The summed E-state index contributed by atoms with van der Waals surface area (Å²) in [6.45, 7) is 0.843. The van der Waals surface area contributed by atoms with Gasteiger partial charge in [-0.15, -0.1) is 0 Å². The number of alkyl halides is 3. The smallest absolute Gasteiger partial charge is 0.344 e. The van der Waals surface area contributed by atoms with Gasteiger partial charge in [-0.1, -0.05) is 24.3 Å². The van der Waals surface area contributed by atoms with Crippen LogP contribution < -0.4 is 4.90 Å². The van der Waals surface area contributed by atoms with Crippen LogP contribution in [0.4, 0.5) is 24.5 Å². The van der Waals surface area contributed by atoms with E-state index in [0.29, 0.717) is 5.56 Å². The average molecular weight is 346 g/mol. The molecule has 0 atom stereocenters. The molecule has 1 aliphatic rings. The van der Waals surface area contributed by atoms with Crippen molar-refractivity contribution in [2.75, 3.05) is 32.6 Å². The van der Waals surface area contributed by atoms with Crippen molar-refractivity contribution in [1.29, 1.82) is 0 Å². The van der Waals surface area contributed by atoms with Gasteiger partial charge < -0.3 is 9.80 Å². The maximum atomic E-state index is 13.2. The Morgan fingerprint density at radius 1 is 1.00 bits per heavy atom. The van der Waals surface area contributed by atoms with Gasteiger partial charge in [0.1, 0.15) is 0 Å². The van der Waals surface area contributed by atoms with E-state index in [4.69, 9.17) is 0 Å². The van der Waals surface area contributed by atoms with Crippen LogP contribution in [0.2, 0.25) is 0 Å². The van der Waals surface area contributed by atoms with Gasteiger partial charge in [0.15, 0.2) is 0 Å². The third-order valence-electron chi connectivity index (χ3n) is 4.46. The van der Waals surface area contributed by atoms with E-state index >= 15 is 0 Å². The number of fused-ring (bicyclic) bond motifs is 2. The lowest BCUT2D eigenvalue weighted by molar-refractivity contribution is -0.137. The summed E-state index contributed by atoms with van der Waals surface area (Å²) < 4.78 is 39.6. The second-order valence-corrected chi connectivity index (χ2v) is 6.52. The number of hydrogen-bond acceptors (Lipinski definition) is 2. The van der Waals surface area contributed by atoms with E-state index in [0.717, 1.165) is 41.5 Å². The number of rotatable bonds is 3. The molecule has 0 aromatic heterocycles. The summed E-state index contributed by atoms with van der Waals surface area (Å²) in [5.74, 6) is 0. The molecule has 0 fully saturated rings. The second kappa shape index (κ2) is 6.56. The highest BCUT2D eigenvalue weighted by molar-refractivity contribution is 5.97. The maximum absolute atomic E-state index is 13.2. The zero-order valence-corrected chi connectivity index (χ0v) is 14.6. The maximum Gasteiger partial charge on any atom is 0.416 e. The lowest BCUT2D eigenvalue weighted by Gasteiger charge is -2.32. The Hall–Kier alpha value is -2.27. The molecule has 0 bridgehead atoms. The Morgan fingerprint density at radius 2 is 1.68 bits per heavy atom. The van der Waals surface area contributed by atoms with E-state index in [1.54, 1.807) is 6.07 Å². The standard InChI is InChI=1S/C20H21F3N2/c1-24(2)12-6-8-15-16-7-4-5-9-18(16)25(3)19-11-10-14(13-17(15)19)20(21,22)23/h4-5,7-11,13H,6,12H2,1-3H3. The molecule has 5 heteroatoms. The Bertz CT molecular complexity index is 807. The quantitative estimate of drug-likeness (QED) is 0.756. The predicted molar refractivity (Wildman–Crippen MR) is 96.2 cm³/mol. The topological polar surface area (TPSA) is 6.48 Å². The van der Waals surface area contributed by atoms with Crippen molar-refractivity contribution < 1.29 is 13.2 Å². The summed E-state index contributed by atoms with van der Waals surface area (Å²) in [5, 5.41) is 0. The molecule has 2 aromatic carbocycles. The molecule has 25 heavy (non-hydrogen) atoms. The summed E-state index contributed by atoms with van der Waals surface area (Å²) in [4.78, 5) is 4.01. The van der Waals surface area contributed by atoms with E-state index in [2.05, 4.69) is 4.90 Å². The zero-order chi connectivity index (χ0) is 18.2. The van der Waals surface area contributed by atoms with E-state index in [1.165, 1.54) is 6.07 Å². The minimum atomic E-state index is -4.35. The van der Waals surface area contributed by atoms with Gasteiger partial charge >= 0.3 is 6.18 Å². The highest BCUT2D eigenvalue weighted by atomic mass is 19.4. The van der Waals surface area contributed by atoms with Gasteiger partial charge in [-0.25, -0.2) is 0 Å². The van der Waals surface area contributed by atoms with Gasteiger partial charge in [-0.2, -0.15) is 13.2 Å². The van der Waals surface area contributed by atoms with Gasteiger partial charge in [0, 0.05) is 36.1 Å². The highest BCUT2D eigenvalue weighted by Crippen LogP contribution is 2.46. The Kier molecular flexibility index (Phi) is 4.60. The predicted octanol–water partition coefficient (Wildman–Crippen LogP) is 5.17. The van der Waals surface area contributed by atoms with Crippen LogP contribution >= 0.6 is 0 Å². The van der Waals surface area contributed by atoms with Crippen molar-refractivity contribution in [3.8, 4) is 0 Å². The van der Waals surface area contributed by atoms with E-state index in [9.17, 15) is 13.2 Å². The van der Waals surface area contributed by atoms with Crippen LogP contribution in [0.1, 0.15) is 23.1 Å². The third-order valence-corrected chi connectivity index (χ3v) is 4.46. The van der Waals surface area contributed by atoms with Gasteiger partial charge in [0.25, 0.3) is 0 Å². The first-order chi connectivity index (χ1) is 11.8. The third kappa shape index (κ3) is 3.42. The fourth-order valence-corrected chi connectivity index (χ4v) is 3.18. The van der Waals surface area contributed by atoms with Crippen molar-refractivity contribution in [2.45, 2.75) is 12.6 Å². The van der Waals surface area contributed by atoms with E-state index < -0.39 is 11.7 Å². The summed E-state index contributed by atoms with van der Waals surface area (Å²) in [5.41, 5.74) is 3.66. The number of nitrogens with zero attached hydrogens (tertiary/aromatic N) is 2. The molecule has 3 rings (SSSR count). The second-order valence-electron chi connectivity index (χ2n) is 6.52. The first kappa shape index (κ1) is 17.5. The van der Waals surface area contributed by atoms with Crippen molar-refractivity contribution >= 4 is 16.9 Å². The van der Waals surface area contributed by atoms with E-state index in [-0.39, 0.29) is 0 Å². The SMILES string of the molecule is CN(C)CCC=C1c2ccccc2N(C)c2ccc(C(F)(F)F)cc21. The molecule has 0 spiro atoms. The molecule has 132 valence electrons. The molecule has 0 aliphatic carbocycles. The van der Waals surface area contributed by atoms with Crippen LogP contribution in [0.25, 0.3) is 5.57 Å². The van der Waals surface area contributed by atoms with Crippen LogP contribution in [0.15, 0.2) is 48.5 Å². The van der Waals surface area contributed by atoms with Gasteiger partial charge in [0.2, 0.25) is 0 Å². The molecule has 0 N–H and O–H groups in total. The summed E-state index contributed by atoms with van der Waals surface area (Å²) >= 11 is 0. The van der Waals surface area contributed by atoms with Crippen LogP contribution in [0.3, 0.4) is 0 Å².